The molecule has 0 saturated carbocycles. The third-order valence-corrected chi connectivity index (χ3v) is 2.62. The fraction of sp³-hybridized carbons (Fsp3) is 0.400. The largest absolute Gasteiger partial charge is 0.388 e. The lowest BCUT2D eigenvalue weighted by atomic mass is 9.89. The maximum absolute atomic E-state index is 10.5. The maximum atomic E-state index is 10.5. The molecule has 0 amide bonds. The number of nitro groups is 1. The second kappa shape index (κ2) is 3.38. The van der Waals surface area contributed by atoms with Crippen LogP contribution in [0.5, 0.6) is 0 Å². The van der Waals surface area contributed by atoms with Crippen molar-refractivity contribution in [2.75, 3.05) is 0 Å². The van der Waals surface area contributed by atoms with Gasteiger partial charge >= 0.3 is 0 Å². The summed E-state index contributed by atoms with van der Waals surface area (Å²) in [4.78, 5) is 10.1. The number of aliphatic hydroxyl groups excluding tert-OH is 1. The van der Waals surface area contributed by atoms with Gasteiger partial charge in [0.1, 0.15) is 0 Å². The van der Waals surface area contributed by atoms with E-state index in [4.69, 9.17) is 0 Å². The summed E-state index contributed by atoms with van der Waals surface area (Å²) in [5, 5.41) is 20.2. The van der Waals surface area contributed by atoms with Crippen molar-refractivity contribution in [3.05, 3.63) is 39.4 Å². The molecule has 0 heterocycles. The van der Waals surface area contributed by atoms with E-state index in [1.165, 1.54) is 12.1 Å². The quantitative estimate of drug-likeness (QED) is 0.547. The van der Waals surface area contributed by atoms with Crippen LogP contribution in [0, 0.1) is 10.1 Å². The average molecular weight is 193 g/mol. The molecule has 4 nitrogen and oxygen atoms in total. The van der Waals surface area contributed by atoms with Crippen molar-refractivity contribution in [3.8, 4) is 0 Å². The summed E-state index contributed by atoms with van der Waals surface area (Å²) in [7, 11) is 0. The molecule has 0 unspecified atom stereocenters. The van der Waals surface area contributed by atoms with E-state index >= 15 is 0 Å². The van der Waals surface area contributed by atoms with Gasteiger partial charge in [0.25, 0.3) is 5.69 Å². The molecular formula is C10H11NO3. The lowest BCUT2D eigenvalue weighted by Crippen LogP contribution is -2.09. The molecule has 0 fully saturated rings. The molecule has 0 aromatic heterocycles. The van der Waals surface area contributed by atoms with E-state index in [-0.39, 0.29) is 5.69 Å². The van der Waals surface area contributed by atoms with Crippen LogP contribution in [0.3, 0.4) is 0 Å². The van der Waals surface area contributed by atoms with Crippen LogP contribution >= 0.6 is 0 Å². The van der Waals surface area contributed by atoms with Gasteiger partial charge in [-0.1, -0.05) is 6.07 Å². The molecule has 0 radical (unpaired) electrons. The van der Waals surface area contributed by atoms with E-state index in [2.05, 4.69) is 0 Å². The average Bonchev–Trinajstić information content (AvgIpc) is 2.18. The third-order valence-electron chi connectivity index (χ3n) is 2.62. The Labute approximate surface area is 81.3 Å². The minimum absolute atomic E-state index is 0.0599. The molecular weight excluding hydrogens is 182 g/mol. The van der Waals surface area contributed by atoms with Crippen molar-refractivity contribution in [1.29, 1.82) is 0 Å². The van der Waals surface area contributed by atoms with Crippen molar-refractivity contribution in [1.82, 2.24) is 0 Å². The highest BCUT2D eigenvalue weighted by atomic mass is 16.6. The zero-order chi connectivity index (χ0) is 10.1. The van der Waals surface area contributed by atoms with Gasteiger partial charge in [-0.15, -0.1) is 0 Å². The molecule has 74 valence electrons. The topological polar surface area (TPSA) is 63.4 Å². The SMILES string of the molecule is O=[N+]([O-])c1ccc2c(c1)[C@@H](O)CCC2. The second-order valence-electron chi connectivity index (χ2n) is 3.55. The third kappa shape index (κ3) is 1.48. The summed E-state index contributed by atoms with van der Waals surface area (Å²) in [5.41, 5.74) is 1.82. The van der Waals surface area contributed by atoms with Crippen LogP contribution in [-0.2, 0) is 6.42 Å². The fourth-order valence-corrected chi connectivity index (χ4v) is 1.88. The Hall–Kier alpha value is -1.42. The Bertz CT molecular complexity index is 376. The smallest absolute Gasteiger partial charge is 0.269 e. The van der Waals surface area contributed by atoms with Crippen LogP contribution in [0.25, 0.3) is 0 Å². The molecule has 1 atom stereocenters. The van der Waals surface area contributed by atoms with Crippen LogP contribution in [0.2, 0.25) is 0 Å². The summed E-state index contributed by atoms with van der Waals surface area (Å²) in [6.07, 6.45) is 2.03. The van der Waals surface area contributed by atoms with Crippen molar-refractivity contribution in [2.24, 2.45) is 0 Å². The molecule has 2 rings (SSSR count). The van der Waals surface area contributed by atoms with E-state index in [0.717, 1.165) is 24.0 Å². The molecule has 1 N–H and O–H groups in total. The van der Waals surface area contributed by atoms with Crippen LogP contribution in [-0.4, -0.2) is 10.0 Å². The van der Waals surface area contributed by atoms with Crippen molar-refractivity contribution < 1.29 is 10.0 Å². The molecule has 0 saturated heterocycles. The highest BCUT2D eigenvalue weighted by Crippen LogP contribution is 2.31. The Morgan fingerprint density at radius 1 is 1.50 bits per heavy atom. The minimum Gasteiger partial charge on any atom is -0.388 e. The van der Waals surface area contributed by atoms with E-state index in [1.54, 1.807) is 6.07 Å². The van der Waals surface area contributed by atoms with Gasteiger partial charge in [-0.2, -0.15) is 0 Å². The zero-order valence-electron chi connectivity index (χ0n) is 7.64. The van der Waals surface area contributed by atoms with Crippen LogP contribution in [0.15, 0.2) is 18.2 Å². The Morgan fingerprint density at radius 3 is 3.00 bits per heavy atom. The Morgan fingerprint density at radius 2 is 2.29 bits per heavy atom. The van der Waals surface area contributed by atoms with Gasteiger partial charge in [-0.05, 0) is 30.4 Å². The van der Waals surface area contributed by atoms with Gasteiger partial charge in [0, 0.05) is 12.1 Å². The first-order valence-electron chi connectivity index (χ1n) is 4.64. The number of non-ortho nitro benzene ring substituents is 1. The van der Waals surface area contributed by atoms with E-state index in [0.29, 0.717) is 6.42 Å². The lowest BCUT2D eigenvalue weighted by molar-refractivity contribution is -0.385. The number of fused-ring (bicyclic) bond motifs is 1. The predicted molar refractivity (Wildman–Crippen MR) is 51.0 cm³/mol. The number of benzene rings is 1. The van der Waals surface area contributed by atoms with E-state index in [9.17, 15) is 15.2 Å². The maximum Gasteiger partial charge on any atom is 0.269 e. The highest BCUT2D eigenvalue weighted by Gasteiger charge is 2.20. The second-order valence-corrected chi connectivity index (χ2v) is 3.55. The monoisotopic (exact) mass is 193 g/mol. The van der Waals surface area contributed by atoms with Crippen LogP contribution < -0.4 is 0 Å². The number of nitrogens with zero attached hydrogens (tertiary/aromatic N) is 1. The number of hydrogen-bond acceptors (Lipinski definition) is 3. The van der Waals surface area contributed by atoms with Gasteiger partial charge in [-0.3, -0.25) is 10.1 Å². The number of hydrogen-bond donors (Lipinski definition) is 1. The summed E-state index contributed by atoms with van der Waals surface area (Å²) >= 11 is 0. The molecule has 1 aliphatic rings. The lowest BCUT2D eigenvalue weighted by Gasteiger charge is -2.20. The number of aryl methyl sites for hydroxylation is 1. The molecule has 0 spiro atoms. The number of rotatable bonds is 1. The number of aliphatic hydroxyl groups is 1. The highest BCUT2D eigenvalue weighted by molar-refractivity contribution is 5.42. The first-order chi connectivity index (χ1) is 6.68. The standard InChI is InChI=1S/C10H11NO3/c12-10-3-1-2-7-4-5-8(11(13)14)6-9(7)10/h4-6,10,12H,1-3H2/t10-/m0/s1. The van der Waals surface area contributed by atoms with Gasteiger partial charge in [0.05, 0.1) is 11.0 Å². The summed E-state index contributed by atoms with van der Waals surface area (Å²) < 4.78 is 0. The van der Waals surface area contributed by atoms with Gasteiger partial charge < -0.3 is 5.11 Å². The zero-order valence-corrected chi connectivity index (χ0v) is 7.64. The molecule has 14 heavy (non-hydrogen) atoms. The van der Waals surface area contributed by atoms with Crippen LogP contribution in [0.1, 0.15) is 30.1 Å². The molecule has 1 aromatic carbocycles. The number of nitro benzene ring substituents is 1. The van der Waals surface area contributed by atoms with Gasteiger partial charge in [-0.25, -0.2) is 0 Å². The minimum atomic E-state index is -0.529. The normalized spacial score (nSPS) is 20.2. The Kier molecular flexibility index (Phi) is 2.21. The van der Waals surface area contributed by atoms with Crippen molar-refractivity contribution in [3.63, 3.8) is 0 Å². The fourth-order valence-electron chi connectivity index (χ4n) is 1.88. The first kappa shape index (κ1) is 9.15. The van der Waals surface area contributed by atoms with Crippen LogP contribution in [0.4, 0.5) is 5.69 Å². The summed E-state index contributed by atoms with van der Waals surface area (Å²) in [6.45, 7) is 0. The molecule has 0 aliphatic heterocycles. The molecule has 1 aliphatic carbocycles. The first-order valence-corrected chi connectivity index (χ1v) is 4.64. The van der Waals surface area contributed by atoms with E-state index in [1.807, 2.05) is 0 Å². The molecule has 0 bridgehead atoms. The molecule has 4 heteroatoms. The van der Waals surface area contributed by atoms with E-state index < -0.39 is 11.0 Å². The summed E-state index contributed by atoms with van der Waals surface area (Å²) in [6, 6.07) is 4.73. The Balaban J connectivity index is 2.45. The molecule has 1 aromatic rings. The van der Waals surface area contributed by atoms with Gasteiger partial charge in [0.15, 0.2) is 0 Å². The van der Waals surface area contributed by atoms with Gasteiger partial charge in [0.2, 0.25) is 0 Å². The summed E-state index contributed by atoms with van der Waals surface area (Å²) in [5.74, 6) is 0. The predicted octanol–water partition coefficient (Wildman–Crippen LogP) is 1.96. The van der Waals surface area contributed by atoms with Crippen molar-refractivity contribution in [2.45, 2.75) is 25.4 Å². The van der Waals surface area contributed by atoms with Crippen molar-refractivity contribution >= 4 is 5.69 Å².